The largest absolute Gasteiger partial charge is 0.342 e. The van der Waals surface area contributed by atoms with E-state index in [4.69, 9.17) is 23.2 Å². The van der Waals surface area contributed by atoms with Gasteiger partial charge >= 0.3 is 0 Å². The minimum absolute atomic E-state index is 0.180. The van der Waals surface area contributed by atoms with Crippen molar-refractivity contribution >= 4 is 40.1 Å². The van der Waals surface area contributed by atoms with Crippen LogP contribution >= 0.6 is 23.2 Å². The highest BCUT2D eigenvalue weighted by molar-refractivity contribution is 6.34. The van der Waals surface area contributed by atoms with Crippen LogP contribution in [0.25, 0.3) is 11.0 Å². The average molecular weight is 364 g/mol. The van der Waals surface area contributed by atoms with Gasteiger partial charge in [-0.3, -0.25) is 9.89 Å². The maximum Gasteiger partial charge on any atom is 0.274 e. The second kappa shape index (κ2) is 6.03. The summed E-state index contributed by atoms with van der Waals surface area (Å²) < 4.78 is 0. The second-order valence-electron chi connectivity index (χ2n) is 5.94. The van der Waals surface area contributed by atoms with E-state index in [2.05, 4.69) is 25.5 Å². The molecule has 0 spiro atoms. The predicted molar refractivity (Wildman–Crippen MR) is 93.4 cm³/mol. The number of aromatic amines is 1. The lowest BCUT2D eigenvalue weighted by atomic mass is 9.94. The molecular formula is C16H15Cl2N5O. The molecule has 0 atom stereocenters. The molecule has 0 aliphatic carbocycles. The fraction of sp³-hybridized carbons (Fsp3) is 0.250. The summed E-state index contributed by atoms with van der Waals surface area (Å²) in [7, 11) is 0. The van der Waals surface area contributed by atoms with Crippen LogP contribution in [0.5, 0.6) is 0 Å². The number of rotatable bonds is 3. The molecule has 0 aliphatic heterocycles. The van der Waals surface area contributed by atoms with E-state index < -0.39 is 5.54 Å². The van der Waals surface area contributed by atoms with Gasteiger partial charge < -0.3 is 5.32 Å². The molecule has 0 unspecified atom stereocenters. The molecule has 0 bridgehead atoms. The van der Waals surface area contributed by atoms with Gasteiger partial charge in [-0.05, 0) is 38.5 Å². The number of aryl methyl sites for hydroxylation is 1. The number of carbonyl (C=O) groups is 1. The van der Waals surface area contributed by atoms with Crippen molar-refractivity contribution in [2.24, 2.45) is 0 Å². The zero-order valence-corrected chi connectivity index (χ0v) is 14.8. The van der Waals surface area contributed by atoms with Crippen molar-refractivity contribution in [2.45, 2.75) is 26.3 Å². The lowest BCUT2D eigenvalue weighted by Gasteiger charge is -2.26. The van der Waals surface area contributed by atoms with Gasteiger partial charge in [0, 0.05) is 5.02 Å². The van der Waals surface area contributed by atoms with Crippen molar-refractivity contribution in [3.8, 4) is 0 Å². The van der Waals surface area contributed by atoms with Gasteiger partial charge in [0.15, 0.2) is 10.8 Å². The van der Waals surface area contributed by atoms with Gasteiger partial charge in [-0.25, -0.2) is 9.97 Å². The molecule has 0 radical (unpaired) electrons. The lowest BCUT2D eigenvalue weighted by Crippen LogP contribution is -2.41. The van der Waals surface area contributed by atoms with Crippen LogP contribution in [0.4, 0.5) is 0 Å². The topological polar surface area (TPSA) is 83.6 Å². The van der Waals surface area contributed by atoms with E-state index in [-0.39, 0.29) is 16.8 Å². The molecular weight excluding hydrogens is 349 g/mol. The third-order valence-corrected chi connectivity index (χ3v) is 4.21. The first-order chi connectivity index (χ1) is 11.3. The number of benzene rings is 1. The number of halogens is 2. The Kier molecular flexibility index (Phi) is 4.19. The molecule has 8 heteroatoms. The molecule has 124 valence electrons. The summed E-state index contributed by atoms with van der Waals surface area (Å²) in [6.45, 7) is 5.50. The Balaban J connectivity index is 1.93. The molecule has 3 rings (SSSR count). The summed E-state index contributed by atoms with van der Waals surface area (Å²) in [5.41, 5.74) is 1.33. The van der Waals surface area contributed by atoms with E-state index in [1.165, 1.54) is 0 Å². The van der Waals surface area contributed by atoms with Crippen molar-refractivity contribution in [3.05, 3.63) is 51.5 Å². The Morgan fingerprint density at radius 3 is 2.50 bits per heavy atom. The number of nitrogens with one attached hydrogen (secondary N) is 2. The summed E-state index contributed by atoms with van der Waals surface area (Å²) in [5.74, 6) is 0.121. The second-order valence-corrected chi connectivity index (χ2v) is 6.74. The van der Waals surface area contributed by atoms with Crippen molar-refractivity contribution in [1.82, 2.24) is 25.5 Å². The maximum absolute atomic E-state index is 12.7. The van der Waals surface area contributed by atoms with Crippen LogP contribution in [0.2, 0.25) is 10.2 Å². The number of amides is 1. The van der Waals surface area contributed by atoms with E-state index in [0.717, 1.165) is 5.56 Å². The third kappa shape index (κ3) is 3.07. The molecule has 0 aliphatic rings. The maximum atomic E-state index is 12.7. The molecule has 24 heavy (non-hydrogen) atoms. The number of fused-ring (bicyclic) bond motifs is 1. The minimum Gasteiger partial charge on any atom is -0.342 e. The summed E-state index contributed by atoms with van der Waals surface area (Å²) in [4.78, 5) is 21.0. The first-order valence-corrected chi connectivity index (χ1v) is 8.00. The van der Waals surface area contributed by atoms with Gasteiger partial charge in [0.25, 0.3) is 5.91 Å². The fourth-order valence-electron chi connectivity index (χ4n) is 2.41. The van der Waals surface area contributed by atoms with Gasteiger partial charge in [-0.2, -0.15) is 5.10 Å². The van der Waals surface area contributed by atoms with Crippen LogP contribution in [0.15, 0.2) is 24.3 Å². The fourth-order valence-corrected chi connectivity index (χ4v) is 2.79. The van der Waals surface area contributed by atoms with Crippen molar-refractivity contribution in [3.63, 3.8) is 0 Å². The molecule has 0 saturated heterocycles. The lowest BCUT2D eigenvalue weighted by molar-refractivity contribution is 0.0908. The smallest absolute Gasteiger partial charge is 0.274 e. The number of hydrogen-bond donors (Lipinski definition) is 2. The van der Waals surface area contributed by atoms with Gasteiger partial charge in [-0.1, -0.05) is 35.3 Å². The molecule has 2 aromatic heterocycles. The van der Waals surface area contributed by atoms with Crippen LogP contribution in [-0.2, 0) is 5.54 Å². The van der Waals surface area contributed by atoms with Crippen LogP contribution in [0.1, 0.15) is 35.7 Å². The molecule has 3 aromatic rings. The number of hydrogen-bond acceptors (Lipinski definition) is 4. The van der Waals surface area contributed by atoms with Crippen molar-refractivity contribution in [2.75, 3.05) is 0 Å². The molecule has 0 saturated carbocycles. The van der Waals surface area contributed by atoms with Crippen LogP contribution in [0, 0.1) is 6.92 Å². The van der Waals surface area contributed by atoms with Gasteiger partial charge in [0.1, 0.15) is 16.9 Å². The van der Waals surface area contributed by atoms with E-state index >= 15 is 0 Å². The average Bonchev–Trinajstić information content (AvgIpc) is 2.91. The Bertz CT molecular complexity index is 918. The zero-order chi connectivity index (χ0) is 17.5. The normalized spacial score (nSPS) is 11.7. The van der Waals surface area contributed by atoms with Gasteiger partial charge in [0.2, 0.25) is 0 Å². The highest BCUT2D eigenvalue weighted by Crippen LogP contribution is 2.24. The molecule has 2 heterocycles. The Labute approximate surface area is 148 Å². The molecule has 2 N–H and O–H groups in total. The summed E-state index contributed by atoms with van der Waals surface area (Å²) in [5, 5.41) is 10.6. The molecule has 1 aromatic carbocycles. The number of carbonyl (C=O) groups excluding carboxylic acids is 1. The van der Waals surface area contributed by atoms with Gasteiger partial charge in [-0.15, -0.1) is 0 Å². The zero-order valence-electron chi connectivity index (χ0n) is 13.3. The van der Waals surface area contributed by atoms with Crippen LogP contribution < -0.4 is 5.32 Å². The monoisotopic (exact) mass is 363 g/mol. The Morgan fingerprint density at radius 2 is 1.83 bits per heavy atom. The first-order valence-electron chi connectivity index (χ1n) is 7.25. The van der Waals surface area contributed by atoms with Gasteiger partial charge in [0.05, 0.1) is 5.54 Å². The standard InChI is InChI=1S/C16H15Cl2N5O/c1-8-19-11-12(14(18)20-8)22-23-13(11)15(24)21-16(2,3)9-4-6-10(17)7-5-9/h4-7H,1-3H3,(H,21,24)(H,22,23). The highest BCUT2D eigenvalue weighted by Gasteiger charge is 2.26. The minimum atomic E-state index is -0.612. The van der Waals surface area contributed by atoms with E-state index in [1.807, 2.05) is 26.0 Å². The highest BCUT2D eigenvalue weighted by atomic mass is 35.5. The molecule has 0 fully saturated rings. The van der Waals surface area contributed by atoms with Crippen molar-refractivity contribution < 1.29 is 4.79 Å². The molecule has 6 nitrogen and oxygen atoms in total. The van der Waals surface area contributed by atoms with Crippen LogP contribution in [-0.4, -0.2) is 26.1 Å². The predicted octanol–water partition coefficient (Wildman–Crippen LogP) is 3.63. The summed E-state index contributed by atoms with van der Waals surface area (Å²) >= 11 is 12.0. The Hall–Kier alpha value is -2.18. The van der Waals surface area contributed by atoms with E-state index in [1.54, 1.807) is 19.1 Å². The van der Waals surface area contributed by atoms with E-state index in [0.29, 0.717) is 21.9 Å². The Morgan fingerprint density at radius 1 is 1.17 bits per heavy atom. The van der Waals surface area contributed by atoms with Crippen molar-refractivity contribution in [1.29, 1.82) is 0 Å². The third-order valence-electron chi connectivity index (χ3n) is 3.69. The van der Waals surface area contributed by atoms with Crippen LogP contribution in [0.3, 0.4) is 0 Å². The number of H-pyrrole nitrogens is 1. The number of nitrogens with zero attached hydrogens (tertiary/aromatic N) is 3. The SMILES string of the molecule is Cc1nc(Cl)c2[nH]nc(C(=O)NC(C)(C)c3ccc(Cl)cc3)c2n1. The first kappa shape index (κ1) is 16.7. The quantitative estimate of drug-likeness (QED) is 0.695. The molecule has 1 amide bonds. The summed E-state index contributed by atoms with van der Waals surface area (Å²) in [6.07, 6.45) is 0. The number of aromatic nitrogens is 4. The van der Waals surface area contributed by atoms with E-state index in [9.17, 15) is 4.79 Å². The summed E-state index contributed by atoms with van der Waals surface area (Å²) in [6, 6.07) is 7.30.